The van der Waals surface area contributed by atoms with Crippen LogP contribution < -0.4 is 0 Å². The van der Waals surface area contributed by atoms with Gasteiger partial charge in [0.1, 0.15) is 0 Å². The molecule has 0 heterocycles. The second-order valence-electron chi connectivity index (χ2n) is 5.57. The molecular weight excluding hydrogens is 358 g/mol. The quantitative estimate of drug-likeness (QED) is 0.554. The van der Waals surface area contributed by atoms with E-state index in [9.17, 15) is 43.9 Å². The van der Waals surface area contributed by atoms with Crippen LogP contribution in [0.4, 0.5) is 43.9 Å². The van der Waals surface area contributed by atoms with Crippen LogP contribution in [0.5, 0.6) is 0 Å². The highest BCUT2D eigenvalue weighted by Gasteiger charge is 2.63. The molecule has 0 radical (unpaired) electrons. The molecular formula is C14H12F10. The number of hydrogen-bond acceptors (Lipinski definition) is 0. The number of benzene rings is 1. The van der Waals surface area contributed by atoms with Crippen LogP contribution in [0.1, 0.15) is 30.5 Å². The van der Waals surface area contributed by atoms with E-state index in [-0.39, 0.29) is 12.1 Å². The Labute approximate surface area is 130 Å². The highest BCUT2D eigenvalue weighted by molar-refractivity contribution is 5.42. The largest absolute Gasteiger partial charge is 0.458 e. The monoisotopic (exact) mass is 370 g/mol. The molecule has 0 bridgehead atoms. The summed E-state index contributed by atoms with van der Waals surface area (Å²) in [4.78, 5) is 0. The summed E-state index contributed by atoms with van der Waals surface area (Å²) in [6.45, 7) is 2.58. The van der Waals surface area contributed by atoms with Crippen molar-refractivity contribution >= 4 is 0 Å². The number of rotatable bonds is 4. The van der Waals surface area contributed by atoms with Gasteiger partial charge in [-0.3, -0.25) is 0 Å². The summed E-state index contributed by atoms with van der Waals surface area (Å²) >= 11 is 0. The molecule has 0 amide bonds. The average molecular weight is 370 g/mol. The molecule has 10 heteroatoms. The lowest BCUT2D eigenvalue weighted by Gasteiger charge is -2.28. The molecule has 1 rings (SSSR count). The predicted molar refractivity (Wildman–Crippen MR) is 64.9 cm³/mol. The first-order chi connectivity index (χ1) is 10.5. The normalized spacial score (nSPS) is 14.4. The van der Waals surface area contributed by atoms with Gasteiger partial charge in [-0.05, 0) is 17.9 Å². The molecule has 0 unspecified atom stereocenters. The Morgan fingerprint density at radius 1 is 0.708 bits per heavy atom. The second kappa shape index (κ2) is 6.11. The van der Waals surface area contributed by atoms with Gasteiger partial charge in [0, 0.05) is 11.1 Å². The van der Waals surface area contributed by atoms with Crippen molar-refractivity contribution in [3.05, 3.63) is 34.9 Å². The number of halogens is 10. The highest BCUT2D eigenvalue weighted by atomic mass is 19.4. The van der Waals surface area contributed by atoms with E-state index in [2.05, 4.69) is 0 Å². The Morgan fingerprint density at radius 2 is 1.04 bits per heavy atom. The molecule has 0 saturated heterocycles. The summed E-state index contributed by atoms with van der Waals surface area (Å²) in [6, 6.07) is 0.746. The van der Waals surface area contributed by atoms with Crippen LogP contribution in [0.25, 0.3) is 0 Å². The van der Waals surface area contributed by atoms with Crippen LogP contribution >= 0.6 is 0 Å². The summed E-state index contributed by atoms with van der Waals surface area (Å²) in [7, 11) is 0. The molecule has 0 aromatic heterocycles. The molecule has 1 aromatic rings. The summed E-state index contributed by atoms with van der Waals surface area (Å²) in [5.74, 6) is -11.9. The SMILES string of the molecule is CC(C)Cc1c(C(F)(F)C(F)(F)F)cccc1C(F)(F)C(F)(F)F. The number of alkyl halides is 10. The zero-order valence-corrected chi connectivity index (χ0v) is 12.3. The van der Waals surface area contributed by atoms with Crippen LogP contribution in [0, 0.1) is 5.92 Å². The van der Waals surface area contributed by atoms with Gasteiger partial charge in [-0.25, -0.2) is 0 Å². The Balaban J connectivity index is 3.74. The predicted octanol–water partition coefficient (Wildman–Crippen LogP) is 6.19. The number of hydrogen-bond donors (Lipinski definition) is 0. The molecule has 0 spiro atoms. The van der Waals surface area contributed by atoms with Crippen LogP contribution in [0.3, 0.4) is 0 Å². The minimum atomic E-state index is -6.13. The maximum absolute atomic E-state index is 13.6. The first kappa shape index (κ1) is 20.6. The molecule has 0 aliphatic heterocycles. The lowest BCUT2D eigenvalue weighted by atomic mass is 9.87. The van der Waals surface area contributed by atoms with E-state index in [1.807, 2.05) is 0 Å². The molecule has 0 fully saturated rings. The van der Waals surface area contributed by atoms with Gasteiger partial charge in [-0.2, -0.15) is 43.9 Å². The third-order valence-corrected chi connectivity index (χ3v) is 3.18. The molecule has 0 N–H and O–H groups in total. The maximum atomic E-state index is 13.6. The molecule has 138 valence electrons. The summed E-state index contributed by atoms with van der Waals surface area (Å²) in [6.07, 6.45) is -13.1. The lowest BCUT2D eigenvalue weighted by Crippen LogP contribution is -2.38. The minimum Gasteiger partial charge on any atom is -0.191 e. The summed E-state index contributed by atoms with van der Waals surface area (Å²) in [5.41, 5.74) is -5.15. The Bertz CT molecular complexity index is 536. The molecule has 1 aromatic carbocycles. The van der Waals surface area contributed by atoms with Crippen molar-refractivity contribution in [2.75, 3.05) is 0 Å². The fourth-order valence-electron chi connectivity index (χ4n) is 2.11. The van der Waals surface area contributed by atoms with E-state index in [1.54, 1.807) is 0 Å². The van der Waals surface area contributed by atoms with Gasteiger partial charge in [-0.1, -0.05) is 32.0 Å². The molecule has 24 heavy (non-hydrogen) atoms. The van der Waals surface area contributed by atoms with Gasteiger partial charge in [0.2, 0.25) is 0 Å². The van der Waals surface area contributed by atoms with E-state index in [4.69, 9.17) is 0 Å². The average Bonchev–Trinajstić information content (AvgIpc) is 2.35. The van der Waals surface area contributed by atoms with E-state index in [0.717, 1.165) is 0 Å². The molecule has 0 saturated carbocycles. The standard InChI is InChI=1S/C14H12F10/c1-7(2)6-8-9(11(15,16)13(19,20)21)4-3-5-10(8)12(17,18)14(22,23)24/h3-5,7H,6H2,1-2H3. The third kappa shape index (κ3) is 3.61. The Hall–Kier alpha value is -1.48. The molecule has 0 aliphatic carbocycles. The maximum Gasteiger partial charge on any atom is 0.458 e. The van der Waals surface area contributed by atoms with Gasteiger partial charge in [0.05, 0.1) is 0 Å². The topological polar surface area (TPSA) is 0 Å². The van der Waals surface area contributed by atoms with Gasteiger partial charge < -0.3 is 0 Å². The van der Waals surface area contributed by atoms with E-state index in [1.165, 1.54) is 13.8 Å². The van der Waals surface area contributed by atoms with Gasteiger partial charge in [0.25, 0.3) is 0 Å². The molecule has 0 nitrogen and oxygen atoms in total. The Morgan fingerprint density at radius 3 is 1.29 bits per heavy atom. The van der Waals surface area contributed by atoms with Crippen molar-refractivity contribution in [1.29, 1.82) is 0 Å². The lowest BCUT2D eigenvalue weighted by molar-refractivity contribution is -0.292. The van der Waals surface area contributed by atoms with Crippen molar-refractivity contribution < 1.29 is 43.9 Å². The van der Waals surface area contributed by atoms with E-state index >= 15 is 0 Å². The van der Waals surface area contributed by atoms with Crippen molar-refractivity contribution in [3.63, 3.8) is 0 Å². The fourth-order valence-corrected chi connectivity index (χ4v) is 2.11. The van der Waals surface area contributed by atoms with Crippen LogP contribution in [0.2, 0.25) is 0 Å². The fraction of sp³-hybridized carbons (Fsp3) is 0.571. The smallest absolute Gasteiger partial charge is 0.191 e. The summed E-state index contributed by atoms with van der Waals surface area (Å²) in [5, 5.41) is 0. The molecule has 0 atom stereocenters. The van der Waals surface area contributed by atoms with Gasteiger partial charge in [0.15, 0.2) is 0 Å². The third-order valence-electron chi connectivity index (χ3n) is 3.18. The first-order valence-corrected chi connectivity index (χ1v) is 6.55. The minimum absolute atomic E-state index is 0.209. The van der Waals surface area contributed by atoms with Crippen LogP contribution in [-0.2, 0) is 18.3 Å². The second-order valence-corrected chi connectivity index (χ2v) is 5.57. The Kier molecular flexibility index (Phi) is 5.23. The van der Waals surface area contributed by atoms with Crippen molar-refractivity contribution in [3.8, 4) is 0 Å². The van der Waals surface area contributed by atoms with Crippen LogP contribution in [-0.4, -0.2) is 12.4 Å². The zero-order chi connectivity index (χ0) is 19.1. The van der Waals surface area contributed by atoms with Crippen molar-refractivity contribution in [1.82, 2.24) is 0 Å². The molecule has 0 aliphatic rings. The van der Waals surface area contributed by atoms with Crippen molar-refractivity contribution in [2.45, 2.75) is 44.5 Å². The van der Waals surface area contributed by atoms with E-state index < -0.39 is 53.2 Å². The highest BCUT2D eigenvalue weighted by Crippen LogP contribution is 2.50. The zero-order valence-electron chi connectivity index (χ0n) is 12.3. The van der Waals surface area contributed by atoms with Gasteiger partial charge in [-0.15, -0.1) is 0 Å². The van der Waals surface area contributed by atoms with Crippen LogP contribution in [0.15, 0.2) is 18.2 Å². The van der Waals surface area contributed by atoms with E-state index in [0.29, 0.717) is 6.07 Å². The van der Waals surface area contributed by atoms with Crippen molar-refractivity contribution in [2.24, 2.45) is 5.92 Å². The summed E-state index contributed by atoms with van der Waals surface area (Å²) < 4.78 is 130. The van der Waals surface area contributed by atoms with Gasteiger partial charge >= 0.3 is 24.2 Å². The first-order valence-electron chi connectivity index (χ1n) is 6.55.